The third-order valence-electron chi connectivity index (χ3n) is 3.79. The van der Waals surface area contributed by atoms with Crippen LogP contribution in [0.3, 0.4) is 0 Å². The number of hydrazone groups is 1. The molecule has 3 rings (SSSR count). The van der Waals surface area contributed by atoms with Crippen LogP contribution in [-0.4, -0.2) is 59.5 Å². The van der Waals surface area contributed by atoms with Crippen molar-refractivity contribution in [3.05, 3.63) is 0 Å². The van der Waals surface area contributed by atoms with Gasteiger partial charge in [-0.1, -0.05) is 0 Å². The van der Waals surface area contributed by atoms with Crippen molar-refractivity contribution < 1.29 is 4.79 Å². The average molecular weight is 220 g/mol. The van der Waals surface area contributed by atoms with Crippen molar-refractivity contribution in [3.8, 4) is 0 Å². The second-order valence-corrected chi connectivity index (χ2v) is 4.75. The number of fused-ring (bicyclic) bond motifs is 2. The van der Waals surface area contributed by atoms with E-state index in [0.717, 1.165) is 19.4 Å². The first-order chi connectivity index (χ1) is 7.68. The molecule has 5 heteroatoms. The lowest BCUT2D eigenvalue weighted by molar-refractivity contribution is -0.123. The molecule has 16 heavy (non-hydrogen) atoms. The smallest absolute Gasteiger partial charge is 0.272 e. The fourth-order valence-corrected chi connectivity index (χ4v) is 2.66. The summed E-state index contributed by atoms with van der Waals surface area (Å²) in [6, 6.07) is 0.330. The highest BCUT2D eigenvalue weighted by atomic mass is 16.2. The Hall–Kier alpha value is -1.39. The van der Waals surface area contributed by atoms with Crippen molar-refractivity contribution >= 4 is 17.8 Å². The molecule has 3 aliphatic rings. The molecule has 1 saturated heterocycles. The number of amides is 1. The Morgan fingerprint density at radius 1 is 1.50 bits per heavy atom. The molecule has 0 bridgehead atoms. The zero-order valence-corrected chi connectivity index (χ0v) is 9.63. The maximum Gasteiger partial charge on any atom is 0.272 e. The molecule has 1 fully saturated rings. The summed E-state index contributed by atoms with van der Waals surface area (Å²) in [6.45, 7) is 2.90. The van der Waals surface area contributed by atoms with Crippen LogP contribution >= 0.6 is 0 Å². The molecule has 2 unspecified atom stereocenters. The van der Waals surface area contributed by atoms with Crippen molar-refractivity contribution in [2.75, 3.05) is 13.6 Å². The van der Waals surface area contributed by atoms with E-state index in [0.29, 0.717) is 5.71 Å². The van der Waals surface area contributed by atoms with Gasteiger partial charge in [0.2, 0.25) is 0 Å². The zero-order valence-electron chi connectivity index (χ0n) is 9.63. The largest absolute Gasteiger partial charge is 0.330 e. The second kappa shape index (κ2) is 3.30. The Balaban J connectivity index is 1.99. The standard InChI is InChI=1S/C11H16N4O/c1-7-9-10(13-14(7)2)11(16)15-5-3-4-8(15)6-12-9/h6-9H,3-5H2,1-2H3/t7?,8-,9?/m0/s1. The SMILES string of the molecule is CC1C2N=C[C@@H]3CCCN3C(=O)C2=NN1C. The fourth-order valence-electron chi connectivity index (χ4n) is 2.66. The molecule has 3 atom stereocenters. The Morgan fingerprint density at radius 2 is 2.31 bits per heavy atom. The number of hydrogen-bond acceptors (Lipinski definition) is 4. The fraction of sp³-hybridized carbons (Fsp3) is 0.727. The van der Waals surface area contributed by atoms with E-state index in [1.165, 1.54) is 0 Å². The third-order valence-corrected chi connectivity index (χ3v) is 3.79. The van der Waals surface area contributed by atoms with E-state index in [1.54, 1.807) is 0 Å². The van der Waals surface area contributed by atoms with Gasteiger partial charge < -0.3 is 4.90 Å². The molecule has 0 aliphatic carbocycles. The molecule has 0 N–H and O–H groups in total. The van der Waals surface area contributed by atoms with E-state index in [1.807, 2.05) is 23.2 Å². The van der Waals surface area contributed by atoms with Gasteiger partial charge in [0, 0.05) is 19.8 Å². The average Bonchev–Trinajstić information content (AvgIpc) is 2.80. The van der Waals surface area contributed by atoms with Crippen LogP contribution in [0.4, 0.5) is 0 Å². The van der Waals surface area contributed by atoms with E-state index >= 15 is 0 Å². The van der Waals surface area contributed by atoms with Crippen molar-refractivity contribution in [2.45, 2.75) is 37.9 Å². The maximum absolute atomic E-state index is 12.3. The minimum atomic E-state index is -0.0666. The van der Waals surface area contributed by atoms with Crippen molar-refractivity contribution in [2.24, 2.45) is 10.1 Å². The molecule has 0 spiro atoms. The monoisotopic (exact) mass is 220 g/mol. The number of likely N-dealkylation sites (N-methyl/N-ethyl adjacent to an activating group) is 1. The zero-order chi connectivity index (χ0) is 11.3. The van der Waals surface area contributed by atoms with Crippen LogP contribution in [0.15, 0.2) is 10.1 Å². The molecular formula is C11H16N4O. The molecule has 0 aromatic heterocycles. The lowest BCUT2D eigenvalue weighted by atomic mass is 10.1. The Kier molecular flexibility index (Phi) is 2.02. The maximum atomic E-state index is 12.3. The van der Waals surface area contributed by atoms with Crippen LogP contribution in [0.5, 0.6) is 0 Å². The Labute approximate surface area is 94.8 Å². The highest BCUT2D eigenvalue weighted by Gasteiger charge is 2.42. The molecule has 5 nitrogen and oxygen atoms in total. The topological polar surface area (TPSA) is 48.3 Å². The minimum absolute atomic E-state index is 0.0666. The number of aliphatic imine (C=N–C) groups is 1. The van der Waals surface area contributed by atoms with E-state index in [2.05, 4.69) is 17.0 Å². The predicted octanol–water partition coefficient (Wildman–Crippen LogP) is 0.120. The minimum Gasteiger partial charge on any atom is -0.330 e. The first kappa shape index (κ1) is 9.81. The predicted molar refractivity (Wildman–Crippen MR) is 61.7 cm³/mol. The number of hydrogen-bond donors (Lipinski definition) is 0. The molecule has 3 heterocycles. The third kappa shape index (κ3) is 1.20. The molecule has 0 radical (unpaired) electrons. The van der Waals surface area contributed by atoms with Crippen molar-refractivity contribution in [3.63, 3.8) is 0 Å². The Morgan fingerprint density at radius 3 is 3.12 bits per heavy atom. The van der Waals surface area contributed by atoms with Crippen molar-refractivity contribution in [1.82, 2.24) is 9.91 Å². The van der Waals surface area contributed by atoms with Gasteiger partial charge in [-0.3, -0.25) is 14.8 Å². The van der Waals surface area contributed by atoms with E-state index in [9.17, 15) is 4.79 Å². The summed E-state index contributed by atoms with van der Waals surface area (Å²) in [5, 5.41) is 6.18. The van der Waals surface area contributed by atoms with E-state index < -0.39 is 0 Å². The highest BCUT2D eigenvalue weighted by molar-refractivity contribution is 6.42. The van der Waals surface area contributed by atoms with Crippen molar-refractivity contribution in [1.29, 1.82) is 0 Å². The second-order valence-electron chi connectivity index (χ2n) is 4.75. The summed E-state index contributed by atoms with van der Waals surface area (Å²) in [7, 11) is 1.90. The number of nitrogens with zero attached hydrogens (tertiary/aromatic N) is 4. The number of carbonyl (C=O) groups excluding carboxylic acids is 1. The number of carbonyl (C=O) groups is 1. The van der Waals surface area contributed by atoms with Gasteiger partial charge in [0.1, 0.15) is 6.04 Å². The number of rotatable bonds is 0. The van der Waals surface area contributed by atoms with Crippen LogP contribution in [0.25, 0.3) is 0 Å². The summed E-state index contributed by atoms with van der Waals surface area (Å²) in [5.41, 5.74) is 0.621. The van der Waals surface area contributed by atoms with Gasteiger partial charge >= 0.3 is 0 Å². The molecule has 3 aliphatic heterocycles. The van der Waals surface area contributed by atoms with Crippen LogP contribution in [0.2, 0.25) is 0 Å². The Bertz CT molecular complexity index is 389. The van der Waals surface area contributed by atoms with Gasteiger partial charge in [0.15, 0.2) is 5.71 Å². The molecule has 0 aromatic rings. The molecular weight excluding hydrogens is 204 g/mol. The summed E-state index contributed by atoms with van der Waals surface area (Å²) >= 11 is 0. The molecule has 86 valence electrons. The quantitative estimate of drug-likeness (QED) is 0.582. The summed E-state index contributed by atoms with van der Waals surface area (Å²) in [6.07, 6.45) is 4.07. The van der Waals surface area contributed by atoms with Gasteiger partial charge in [-0.2, -0.15) is 5.10 Å². The molecule has 0 saturated carbocycles. The van der Waals surface area contributed by atoms with E-state index in [-0.39, 0.29) is 24.0 Å². The van der Waals surface area contributed by atoms with Gasteiger partial charge in [-0.05, 0) is 19.8 Å². The molecule has 0 aromatic carbocycles. The van der Waals surface area contributed by atoms with Gasteiger partial charge in [-0.25, -0.2) is 0 Å². The van der Waals surface area contributed by atoms with E-state index in [4.69, 9.17) is 0 Å². The normalized spacial score (nSPS) is 37.2. The van der Waals surface area contributed by atoms with Crippen LogP contribution in [0.1, 0.15) is 19.8 Å². The van der Waals surface area contributed by atoms with Crippen LogP contribution < -0.4 is 0 Å². The lowest BCUT2D eigenvalue weighted by Gasteiger charge is -2.19. The van der Waals surface area contributed by atoms with Crippen LogP contribution in [0, 0.1) is 0 Å². The van der Waals surface area contributed by atoms with Gasteiger partial charge in [0.05, 0.1) is 12.1 Å². The first-order valence-corrected chi connectivity index (χ1v) is 5.84. The van der Waals surface area contributed by atoms with Gasteiger partial charge in [-0.15, -0.1) is 0 Å². The lowest BCUT2D eigenvalue weighted by Crippen LogP contribution is -2.41. The highest BCUT2D eigenvalue weighted by Crippen LogP contribution is 2.25. The first-order valence-electron chi connectivity index (χ1n) is 5.84. The summed E-state index contributed by atoms with van der Waals surface area (Å²) in [5.74, 6) is 0.0844. The molecule has 1 amide bonds. The van der Waals surface area contributed by atoms with Crippen LogP contribution in [-0.2, 0) is 4.79 Å². The summed E-state index contributed by atoms with van der Waals surface area (Å²) in [4.78, 5) is 18.7. The summed E-state index contributed by atoms with van der Waals surface area (Å²) < 4.78 is 0. The van der Waals surface area contributed by atoms with Gasteiger partial charge in [0.25, 0.3) is 5.91 Å².